The highest BCUT2D eigenvalue weighted by Gasteiger charge is 2.53. The largest absolute Gasteiger partial charge is 0.452 e. The van der Waals surface area contributed by atoms with Crippen molar-refractivity contribution in [1.82, 2.24) is 5.32 Å². The van der Waals surface area contributed by atoms with Gasteiger partial charge in [-0.25, -0.2) is 4.79 Å². The van der Waals surface area contributed by atoms with Crippen LogP contribution in [0.3, 0.4) is 0 Å². The van der Waals surface area contributed by atoms with Gasteiger partial charge < -0.3 is 10.1 Å². The van der Waals surface area contributed by atoms with Gasteiger partial charge in [-0.15, -0.1) is 0 Å². The van der Waals surface area contributed by atoms with Gasteiger partial charge in [0.1, 0.15) is 0 Å². The van der Waals surface area contributed by atoms with Crippen LogP contribution in [-0.4, -0.2) is 24.5 Å². The molecule has 4 bridgehead atoms. The molecular weight excluding hydrogens is 338 g/mol. The van der Waals surface area contributed by atoms with Crippen molar-refractivity contribution in [2.75, 3.05) is 6.61 Å². The monoisotopic (exact) mass is 369 g/mol. The molecule has 0 unspecified atom stereocenters. The minimum Gasteiger partial charge on any atom is -0.452 e. The van der Waals surface area contributed by atoms with Crippen molar-refractivity contribution in [3.8, 4) is 0 Å². The van der Waals surface area contributed by atoms with E-state index in [9.17, 15) is 9.59 Å². The van der Waals surface area contributed by atoms with Gasteiger partial charge in [0, 0.05) is 6.04 Å². The lowest BCUT2D eigenvalue weighted by atomic mass is 9.48. The van der Waals surface area contributed by atoms with E-state index in [-0.39, 0.29) is 24.0 Å². The second-order valence-electron chi connectivity index (χ2n) is 9.46. The first-order valence-corrected chi connectivity index (χ1v) is 10.4. The molecule has 0 aromatic heterocycles. The van der Waals surface area contributed by atoms with Crippen LogP contribution in [0.5, 0.6) is 0 Å². The van der Waals surface area contributed by atoms with Crippen LogP contribution < -0.4 is 5.32 Å². The molecule has 4 aliphatic rings. The van der Waals surface area contributed by atoms with E-state index >= 15 is 0 Å². The lowest BCUT2D eigenvalue weighted by Crippen LogP contribution is -2.56. The molecule has 27 heavy (non-hydrogen) atoms. The minimum atomic E-state index is -0.422. The van der Waals surface area contributed by atoms with Crippen LogP contribution >= 0.6 is 0 Å². The predicted molar refractivity (Wildman–Crippen MR) is 104 cm³/mol. The van der Waals surface area contributed by atoms with Gasteiger partial charge in [-0.05, 0) is 94.1 Å². The van der Waals surface area contributed by atoms with E-state index in [4.69, 9.17) is 4.74 Å². The molecule has 0 heterocycles. The molecule has 0 spiro atoms. The fraction of sp³-hybridized carbons (Fsp3) is 0.652. The minimum absolute atomic E-state index is 0.151. The Hall–Kier alpha value is -1.84. The van der Waals surface area contributed by atoms with Crippen molar-refractivity contribution in [2.24, 2.45) is 23.2 Å². The van der Waals surface area contributed by atoms with Crippen molar-refractivity contribution in [1.29, 1.82) is 0 Å². The van der Waals surface area contributed by atoms with E-state index in [1.54, 1.807) is 0 Å². The summed E-state index contributed by atoms with van der Waals surface area (Å²) in [7, 11) is 0. The van der Waals surface area contributed by atoms with Crippen molar-refractivity contribution in [3.63, 3.8) is 0 Å². The number of carbonyl (C=O) groups excluding carboxylic acids is 2. The number of benzene rings is 1. The van der Waals surface area contributed by atoms with Gasteiger partial charge in [0.25, 0.3) is 5.91 Å². The highest BCUT2D eigenvalue weighted by molar-refractivity contribution is 5.92. The molecule has 1 amide bonds. The average molecular weight is 370 g/mol. The zero-order valence-electron chi connectivity index (χ0n) is 16.7. The van der Waals surface area contributed by atoms with Gasteiger partial charge >= 0.3 is 5.97 Å². The zero-order valence-corrected chi connectivity index (χ0v) is 16.7. The standard InChI is InChI=1S/C23H31NO3/c1-14-4-5-15(2)20(6-14)22(26)27-13-21(25)24-16(3)23-10-17-7-18(11-23)9-19(8-17)12-23/h4-6,16-19H,7-13H2,1-3H3,(H,24,25)/t16-,17?,18?,19?,23?/m0/s1. The third-order valence-electron chi connectivity index (χ3n) is 7.33. The number of esters is 1. The normalized spacial score (nSPS) is 32.2. The first-order chi connectivity index (χ1) is 12.8. The molecule has 146 valence electrons. The number of amides is 1. The summed E-state index contributed by atoms with van der Waals surface area (Å²) in [5, 5.41) is 3.15. The van der Waals surface area contributed by atoms with E-state index < -0.39 is 5.97 Å². The molecule has 0 aliphatic heterocycles. The zero-order chi connectivity index (χ0) is 19.2. The molecule has 4 heteroatoms. The molecule has 0 radical (unpaired) electrons. The Bertz CT molecular complexity index is 719. The lowest BCUT2D eigenvalue weighted by molar-refractivity contribution is -0.128. The molecule has 1 aromatic carbocycles. The Kier molecular flexibility index (Phi) is 4.77. The van der Waals surface area contributed by atoms with Crippen molar-refractivity contribution >= 4 is 11.9 Å². The molecule has 1 aromatic rings. The smallest absolute Gasteiger partial charge is 0.338 e. The molecule has 4 fully saturated rings. The highest BCUT2D eigenvalue weighted by Crippen LogP contribution is 2.61. The van der Waals surface area contributed by atoms with Crippen LogP contribution in [0.4, 0.5) is 0 Å². The van der Waals surface area contributed by atoms with Gasteiger partial charge in [-0.1, -0.05) is 17.7 Å². The van der Waals surface area contributed by atoms with Crippen molar-refractivity contribution in [2.45, 2.75) is 65.3 Å². The molecular formula is C23H31NO3. The average Bonchev–Trinajstić information content (AvgIpc) is 2.60. The fourth-order valence-electron chi connectivity index (χ4n) is 6.31. The van der Waals surface area contributed by atoms with Gasteiger partial charge in [0.15, 0.2) is 6.61 Å². The van der Waals surface area contributed by atoms with E-state index in [0.717, 1.165) is 28.9 Å². The quantitative estimate of drug-likeness (QED) is 0.792. The number of hydrogen-bond acceptors (Lipinski definition) is 3. The SMILES string of the molecule is Cc1ccc(C)c(C(=O)OCC(=O)N[C@@H](C)C23CC4CC(CC(C4)C2)C3)c1. The number of rotatable bonds is 5. The van der Waals surface area contributed by atoms with Crippen LogP contribution in [0.2, 0.25) is 0 Å². The summed E-state index contributed by atoms with van der Waals surface area (Å²) >= 11 is 0. The number of aryl methyl sites for hydroxylation is 2. The van der Waals surface area contributed by atoms with Crippen molar-refractivity contribution in [3.05, 3.63) is 34.9 Å². The fourth-order valence-corrected chi connectivity index (χ4v) is 6.31. The van der Waals surface area contributed by atoms with Crippen molar-refractivity contribution < 1.29 is 14.3 Å². The molecule has 1 N–H and O–H groups in total. The summed E-state index contributed by atoms with van der Waals surface area (Å²) in [6, 6.07) is 5.83. The van der Waals surface area contributed by atoms with E-state index in [1.165, 1.54) is 38.5 Å². The van der Waals surface area contributed by atoms with Crippen LogP contribution in [0.1, 0.15) is 66.9 Å². The van der Waals surface area contributed by atoms with Crippen LogP contribution in [-0.2, 0) is 9.53 Å². The molecule has 0 saturated heterocycles. The Morgan fingerprint density at radius 3 is 2.30 bits per heavy atom. The van der Waals surface area contributed by atoms with Crippen LogP contribution in [0.15, 0.2) is 18.2 Å². The molecule has 1 atom stereocenters. The second-order valence-corrected chi connectivity index (χ2v) is 9.46. The number of hydrogen-bond donors (Lipinski definition) is 1. The van der Waals surface area contributed by atoms with Gasteiger partial charge in [0.05, 0.1) is 5.56 Å². The first kappa shape index (κ1) is 18.5. The Balaban J connectivity index is 1.33. The number of nitrogens with one attached hydrogen (secondary N) is 1. The summed E-state index contributed by atoms with van der Waals surface area (Å²) in [5.41, 5.74) is 2.68. The van der Waals surface area contributed by atoms with Gasteiger partial charge in [-0.3, -0.25) is 4.79 Å². The maximum Gasteiger partial charge on any atom is 0.338 e. The second kappa shape index (κ2) is 6.96. The topological polar surface area (TPSA) is 55.4 Å². The predicted octanol–water partition coefficient (Wildman–Crippen LogP) is 4.18. The Morgan fingerprint density at radius 2 is 1.70 bits per heavy atom. The van der Waals surface area contributed by atoms with Crippen LogP contribution in [0, 0.1) is 37.0 Å². The third-order valence-corrected chi connectivity index (χ3v) is 7.33. The Morgan fingerprint density at radius 1 is 1.11 bits per heavy atom. The van der Waals surface area contributed by atoms with E-state index in [0.29, 0.717) is 5.56 Å². The molecule has 4 saturated carbocycles. The van der Waals surface area contributed by atoms with Gasteiger partial charge in [-0.2, -0.15) is 0 Å². The lowest BCUT2D eigenvalue weighted by Gasteiger charge is -2.59. The number of carbonyl (C=O) groups is 2. The maximum atomic E-state index is 12.4. The molecule has 5 rings (SSSR count). The molecule has 4 nitrogen and oxygen atoms in total. The maximum absolute atomic E-state index is 12.4. The highest BCUT2D eigenvalue weighted by atomic mass is 16.5. The summed E-state index contributed by atoms with van der Waals surface area (Å²) in [4.78, 5) is 24.8. The third kappa shape index (κ3) is 3.63. The Labute approximate surface area is 162 Å². The van der Waals surface area contributed by atoms with Gasteiger partial charge in [0.2, 0.25) is 0 Å². The first-order valence-electron chi connectivity index (χ1n) is 10.4. The van der Waals surface area contributed by atoms with E-state index in [2.05, 4.69) is 12.2 Å². The molecule has 4 aliphatic carbocycles. The van der Waals surface area contributed by atoms with E-state index in [1.807, 2.05) is 32.0 Å². The summed E-state index contributed by atoms with van der Waals surface area (Å²) in [6.45, 7) is 5.77. The summed E-state index contributed by atoms with van der Waals surface area (Å²) in [6.07, 6.45) is 7.95. The van der Waals surface area contributed by atoms with Crippen LogP contribution in [0.25, 0.3) is 0 Å². The summed E-state index contributed by atoms with van der Waals surface area (Å²) < 4.78 is 5.29. The summed E-state index contributed by atoms with van der Waals surface area (Å²) in [5.74, 6) is 1.97. The number of ether oxygens (including phenoxy) is 1.